The van der Waals surface area contributed by atoms with Crippen molar-refractivity contribution >= 4 is 16.9 Å². The van der Waals surface area contributed by atoms with Crippen LogP contribution in [0, 0.1) is 0 Å². The van der Waals surface area contributed by atoms with Crippen LogP contribution >= 0.6 is 0 Å². The molecule has 0 spiro atoms. The van der Waals surface area contributed by atoms with Crippen LogP contribution in [0.3, 0.4) is 0 Å². The Morgan fingerprint density at radius 3 is 2.56 bits per heavy atom. The van der Waals surface area contributed by atoms with Crippen molar-refractivity contribution in [1.29, 1.82) is 0 Å². The molecule has 6 heteroatoms. The first-order valence-electron chi connectivity index (χ1n) is 10.8. The summed E-state index contributed by atoms with van der Waals surface area (Å²) in [6.07, 6.45) is 6.85. The monoisotopic (exact) mass is 424 g/mol. The molecule has 6 nitrogen and oxygen atoms in total. The fourth-order valence-corrected chi connectivity index (χ4v) is 4.33. The molecule has 0 atom stereocenters. The molecule has 0 saturated carbocycles. The Balaban J connectivity index is 1.47. The van der Waals surface area contributed by atoms with E-state index in [1.165, 1.54) is 6.08 Å². The quantitative estimate of drug-likeness (QED) is 0.411. The molecule has 1 amide bonds. The van der Waals surface area contributed by atoms with E-state index in [1.54, 1.807) is 6.33 Å². The van der Waals surface area contributed by atoms with Gasteiger partial charge in [-0.2, -0.15) is 0 Å². The predicted molar refractivity (Wildman–Crippen MR) is 125 cm³/mol. The first-order valence-corrected chi connectivity index (χ1v) is 10.8. The summed E-state index contributed by atoms with van der Waals surface area (Å²) in [5.41, 5.74) is 3.78. The smallest absolute Gasteiger partial charge is 0.245 e. The first kappa shape index (κ1) is 20.0. The molecule has 32 heavy (non-hydrogen) atoms. The molecular weight excluding hydrogens is 400 g/mol. The summed E-state index contributed by atoms with van der Waals surface area (Å²) < 4.78 is 8.30. The van der Waals surface area contributed by atoms with Crippen LogP contribution in [-0.2, 0) is 4.79 Å². The fraction of sp³-hybridized carbons (Fsp3) is 0.192. The van der Waals surface area contributed by atoms with Gasteiger partial charge in [0.25, 0.3) is 0 Å². The number of piperidine rings is 1. The molecule has 160 valence electrons. The number of aromatic nitrogens is 3. The maximum atomic E-state index is 11.9. The van der Waals surface area contributed by atoms with Gasteiger partial charge in [-0.3, -0.25) is 4.79 Å². The van der Waals surface area contributed by atoms with Gasteiger partial charge in [0.2, 0.25) is 5.91 Å². The zero-order valence-electron chi connectivity index (χ0n) is 17.7. The van der Waals surface area contributed by atoms with Gasteiger partial charge in [-0.1, -0.05) is 36.9 Å². The number of fused-ring (bicyclic) bond motifs is 1. The molecular formula is C26H24N4O2. The number of hydrogen-bond acceptors (Lipinski definition) is 4. The lowest BCUT2D eigenvalue weighted by atomic mass is 10.0. The lowest BCUT2D eigenvalue weighted by Gasteiger charge is -2.32. The summed E-state index contributed by atoms with van der Waals surface area (Å²) in [4.78, 5) is 22.9. The fourth-order valence-electron chi connectivity index (χ4n) is 4.33. The van der Waals surface area contributed by atoms with Crippen molar-refractivity contribution in [3.05, 3.63) is 85.8 Å². The lowest BCUT2D eigenvalue weighted by molar-refractivity contribution is -0.127. The molecule has 2 aromatic heterocycles. The van der Waals surface area contributed by atoms with Gasteiger partial charge in [-0.25, -0.2) is 9.97 Å². The van der Waals surface area contributed by atoms with E-state index in [4.69, 9.17) is 4.74 Å². The van der Waals surface area contributed by atoms with E-state index in [9.17, 15) is 4.79 Å². The number of likely N-dealkylation sites (tertiary alicyclic amines) is 1. The predicted octanol–water partition coefficient (Wildman–Crippen LogP) is 5.24. The Labute approximate surface area is 186 Å². The van der Waals surface area contributed by atoms with Gasteiger partial charge in [-0.15, -0.1) is 0 Å². The van der Waals surface area contributed by atoms with Crippen molar-refractivity contribution in [2.45, 2.75) is 18.9 Å². The Hall–Kier alpha value is -3.93. The van der Waals surface area contributed by atoms with E-state index in [0.29, 0.717) is 0 Å². The number of amides is 1. The molecule has 1 fully saturated rings. The Morgan fingerprint density at radius 1 is 1.00 bits per heavy atom. The second-order valence-electron chi connectivity index (χ2n) is 7.88. The minimum Gasteiger partial charge on any atom is -0.457 e. The third-order valence-electron chi connectivity index (χ3n) is 5.93. The van der Waals surface area contributed by atoms with E-state index < -0.39 is 0 Å². The number of ether oxygens (including phenoxy) is 1. The summed E-state index contributed by atoms with van der Waals surface area (Å²) >= 11 is 0. The molecule has 1 aliphatic heterocycles. The maximum absolute atomic E-state index is 11.9. The van der Waals surface area contributed by atoms with Gasteiger partial charge in [0, 0.05) is 30.9 Å². The van der Waals surface area contributed by atoms with Crippen LogP contribution in [0.4, 0.5) is 0 Å². The van der Waals surface area contributed by atoms with Crippen molar-refractivity contribution in [1.82, 2.24) is 19.4 Å². The maximum Gasteiger partial charge on any atom is 0.245 e. The van der Waals surface area contributed by atoms with Gasteiger partial charge in [0.15, 0.2) is 0 Å². The number of benzene rings is 2. The van der Waals surface area contributed by atoms with Gasteiger partial charge < -0.3 is 14.2 Å². The van der Waals surface area contributed by atoms with E-state index in [-0.39, 0.29) is 11.9 Å². The van der Waals surface area contributed by atoms with E-state index >= 15 is 0 Å². The van der Waals surface area contributed by atoms with E-state index in [2.05, 4.69) is 27.3 Å². The Kier molecular flexibility index (Phi) is 5.42. The van der Waals surface area contributed by atoms with Crippen molar-refractivity contribution < 1.29 is 9.53 Å². The van der Waals surface area contributed by atoms with Crippen molar-refractivity contribution in [2.24, 2.45) is 0 Å². The topological polar surface area (TPSA) is 60.2 Å². The second kappa shape index (κ2) is 8.67. The van der Waals surface area contributed by atoms with Crippen LogP contribution in [0.5, 0.6) is 11.5 Å². The van der Waals surface area contributed by atoms with Crippen LogP contribution in [-0.4, -0.2) is 38.4 Å². The SMILES string of the molecule is C=CC(=O)N1CCC(n2ccc3ncnc(-c4cccc(Oc5ccccc5)c4)c32)CC1. The number of para-hydroxylation sites is 1. The highest BCUT2D eigenvalue weighted by atomic mass is 16.5. The number of carbonyl (C=O) groups excluding carboxylic acids is 1. The highest BCUT2D eigenvalue weighted by Crippen LogP contribution is 2.34. The van der Waals surface area contributed by atoms with Crippen molar-refractivity contribution in [2.75, 3.05) is 13.1 Å². The average Bonchev–Trinajstić information content (AvgIpc) is 3.29. The highest BCUT2D eigenvalue weighted by Gasteiger charge is 2.24. The molecule has 5 rings (SSSR count). The summed E-state index contributed by atoms with van der Waals surface area (Å²) in [6.45, 7) is 5.04. The molecule has 3 heterocycles. The molecule has 0 unspecified atom stereocenters. The molecule has 0 bridgehead atoms. The Bertz CT molecular complexity index is 1260. The minimum absolute atomic E-state index is 0.0000626. The summed E-state index contributed by atoms with van der Waals surface area (Å²) in [5.74, 6) is 1.55. The van der Waals surface area contributed by atoms with Gasteiger partial charge in [-0.05, 0) is 49.2 Å². The standard InChI is InChI=1S/C26H24N4O2/c1-2-24(31)29-14-11-20(12-15-29)30-16-13-23-26(30)25(28-18-27-23)19-7-6-10-22(17-19)32-21-8-4-3-5-9-21/h2-10,13,16-18,20H,1,11-12,14-15H2. The summed E-state index contributed by atoms with van der Waals surface area (Å²) in [6, 6.07) is 20.0. The molecule has 1 saturated heterocycles. The first-order chi connectivity index (χ1) is 15.7. The zero-order valence-corrected chi connectivity index (χ0v) is 17.7. The average molecular weight is 425 g/mol. The summed E-state index contributed by atoms with van der Waals surface area (Å²) in [7, 11) is 0. The van der Waals surface area contributed by atoms with Gasteiger partial charge >= 0.3 is 0 Å². The largest absolute Gasteiger partial charge is 0.457 e. The molecule has 2 aromatic carbocycles. The number of carbonyl (C=O) groups is 1. The van der Waals surface area contributed by atoms with E-state index in [0.717, 1.165) is 59.7 Å². The number of hydrogen-bond donors (Lipinski definition) is 0. The van der Waals surface area contributed by atoms with Crippen LogP contribution in [0.15, 0.2) is 85.8 Å². The second-order valence-corrected chi connectivity index (χ2v) is 7.88. The normalized spacial score (nSPS) is 14.4. The number of rotatable bonds is 5. The van der Waals surface area contributed by atoms with Crippen LogP contribution in [0.2, 0.25) is 0 Å². The van der Waals surface area contributed by atoms with Gasteiger partial charge in [0.05, 0.1) is 16.7 Å². The van der Waals surface area contributed by atoms with Crippen LogP contribution in [0.1, 0.15) is 18.9 Å². The highest BCUT2D eigenvalue weighted by molar-refractivity contribution is 5.90. The van der Waals surface area contributed by atoms with Crippen molar-refractivity contribution in [3.8, 4) is 22.8 Å². The molecule has 0 radical (unpaired) electrons. The number of nitrogens with zero attached hydrogens (tertiary/aromatic N) is 4. The molecule has 0 N–H and O–H groups in total. The third-order valence-corrected chi connectivity index (χ3v) is 5.93. The summed E-state index contributed by atoms with van der Waals surface area (Å²) in [5, 5.41) is 0. The third kappa shape index (κ3) is 3.87. The lowest BCUT2D eigenvalue weighted by Crippen LogP contribution is -2.38. The molecule has 0 aliphatic carbocycles. The van der Waals surface area contributed by atoms with Crippen LogP contribution < -0.4 is 4.74 Å². The molecule has 1 aliphatic rings. The van der Waals surface area contributed by atoms with Crippen LogP contribution in [0.25, 0.3) is 22.3 Å². The minimum atomic E-state index is 0.0000626. The zero-order chi connectivity index (χ0) is 21.9. The molecule has 4 aromatic rings. The van der Waals surface area contributed by atoms with Gasteiger partial charge in [0.1, 0.15) is 17.8 Å². The van der Waals surface area contributed by atoms with Crippen molar-refractivity contribution in [3.63, 3.8) is 0 Å². The Morgan fingerprint density at radius 2 is 1.78 bits per heavy atom. The van der Waals surface area contributed by atoms with E-state index in [1.807, 2.05) is 65.6 Å².